The quantitative estimate of drug-likeness (QED) is 0.890. The van der Waals surface area contributed by atoms with Crippen molar-refractivity contribution in [3.63, 3.8) is 0 Å². The molecule has 3 atom stereocenters. The van der Waals surface area contributed by atoms with Gasteiger partial charge < -0.3 is 14.8 Å². The lowest BCUT2D eigenvalue weighted by Gasteiger charge is -2.39. The maximum atomic E-state index is 5.91. The van der Waals surface area contributed by atoms with E-state index in [-0.39, 0.29) is 11.6 Å². The van der Waals surface area contributed by atoms with Gasteiger partial charge in [-0.05, 0) is 39.2 Å². The van der Waals surface area contributed by atoms with Crippen LogP contribution in [0, 0.1) is 0 Å². The first-order valence-corrected chi connectivity index (χ1v) is 7.61. The fraction of sp³-hybridized carbons (Fsp3) is 0.647. The highest BCUT2D eigenvalue weighted by molar-refractivity contribution is 5.35. The molecule has 1 heterocycles. The molecule has 20 heavy (non-hydrogen) atoms. The van der Waals surface area contributed by atoms with Crippen molar-refractivity contribution in [3.8, 4) is 5.75 Å². The average Bonchev–Trinajstić information content (AvgIpc) is 2.47. The van der Waals surface area contributed by atoms with E-state index < -0.39 is 0 Å². The molecule has 2 rings (SSSR count). The van der Waals surface area contributed by atoms with Gasteiger partial charge in [-0.3, -0.25) is 0 Å². The highest BCUT2D eigenvalue weighted by atomic mass is 16.5. The minimum atomic E-state index is 0.0242. The van der Waals surface area contributed by atoms with E-state index in [2.05, 4.69) is 38.2 Å². The molecule has 0 aliphatic carbocycles. The van der Waals surface area contributed by atoms with Crippen LogP contribution in [-0.2, 0) is 4.74 Å². The van der Waals surface area contributed by atoms with Crippen molar-refractivity contribution in [2.45, 2.75) is 57.7 Å². The lowest BCUT2D eigenvalue weighted by Crippen LogP contribution is -2.45. The first-order valence-electron chi connectivity index (χ1n) is 7.61. The van der Waals surface area contributed by atoms with Gasteiger partial charge in [-0.1, -0.05) is 25.1 Å². The molecule has 1 saturated heterocycles. The van der Waals surface area contributed by atoms with Gasteiger partial charge in [0.25, 0.3) is 0 Å². The summed E-state index contributed by atoms with van der Waals surface area (Å²) in [4.78, 5) is 0. The predicted molar refractivity (Wildman–Crippen MR) is 82.2 cm³/mol. The average molecular weight is 277 g/mol. The molecular formula is C17H27NO2. The zero-order chi connectivity index (χ0) is 14.6. The summed E-state index contributed by atoms with van der Waals surface area (Å²) in [5, 5.41) is 3.74. The first-order chi connectivity index (χ1) is 9.58. The van der Waals surface area contributed by atoms with E-state index in [0.29, 0.717) is 6.04 Å². The maximum absolute atomic E-state index is 5.91. The molecule has 1 aromatic rings. The Kier molecular flexibility index (Phi) is 5.06. The van der Waals surface area contributed by atoms with Crippen LogP contribution in [-0.4, -0.2) is 25.4 Å². The Morgan fingerprint density at radius 2 is 2.20 bits per heavy atom. The number of rotatable bonds is 5. The monoisotopic (exact) mass is 277 g/mol. The molecule has 1 aromatic carbocycles. The Balaban J connectivity index is 2.02. The third-order valence-corrected chi connectivity index (χ3v) is 4.43. The van der Waals surface area contributed by atoms with Gasteiger partial charge in [0.1, 0.15) is 5.75 Å². The molecule has 0 saturated carbocycles. The second-order valence-electron chi connectivity index (χ2n) is 5.97. The molecule has 0 bridgehead atoms. The lowest BCUT2D eigenvalue weighted by molar-refractivity contribution is -0.0789. The number of benzene rings is 1. The fourth-order valence-corrected chi connectivity index (χ4v) is 2.99. The molecule has 1 aliphatic rings. The summed E-state index contributed by atoms with van der Waals surface area (Å²) in [7, 11) is 1.73. The molecule has 2 unspecified atom stereocenters. The zero-order valence-corrected chi connectivity index (χ0v) is 13.1. The number of methoxy groups -OCH3 is 1. The van der Waals surface area contributed by atoms with Gasteiger partial charge >= 0.3 is 0 Å². The summed E-state index contributed by atoms with van der Waals surface area (Å²) in [5.41, 5.74) is 1.25. The Labute approximate surface area is 122 Å². The number of hydrogen-bond acceptors (Lipinski definition) is 3. The fourth-order valence-electron chi connectivity index (χ4n) is 2.99. The van der Waals surface area contributed by atoms with E-state index in [1.807, 2.05) is 12.1 Å². The Hall–Kier alpha value is -1.06. The van der Waals surface area contributed by atoms with Gasteiger partial charge in [0.2, 0.25) is 0 Å². The van der Waals surface area contributed by atoms with Gasteiger partial charge in [-0.25, -0.2) is 0 Å². The molecule has 0 amide bonds. The van der Waals surface area contributed by atoms with Crippen molar-refractivity contribution in [2.24, 2.45) is 0 Å². The number of para-hydroxylation sites is 1. The SMILES string of the molecule is CCC1(C)CC(N[C@H](C)c2ccccc2OC)CCO1. The molecule has 1 fully saturated rings. The summed E-state index contributed by atoms with van der Waals surface area (Å²) in [5.74, 6) is 0.956. The van der Waals surface area contributed by atoms with Gasteiger partial charge in [-0.2, -0.15) is 0 Å². The van der Waals surface area contributed by atoms with E-state index in [4.69, 9.17) is 9.47 Å². The van der Waals surface area contributed by atoms with Crippen LogP contribution >= 0.6 is 0 Å². The molecule has 0 aromatic heterocycles. The smallest absolute Gasteiger partial charge is 0.123 e. The summed E-state index contributed by atoms with van der Waals surface area (Å²) in [6.07, 6.45) is 3.21. The molecule has 112 valence electrons. The van der Waals surface area contributed by atoms with E-state index in [1.54, 1.807) is 7.11 Å². The summed E-state index contributed by atoms with van der Waals surface area (Å²) in [6.45, 7) is 7.47. The van der Waals surface area contributed by atoms with Crippen molar-refractivity contribution in [3.05, 3.63) is 29.8 Å². The van der Waals surface area contributed by atoms with Crippen LogP contribution < -0.4 is 10.1 Å². The van der Waals surface area contributed by atoms with Crippen LogP contribution in [0.4, 0.5) is 0 Å². The van der Waals surface area contributed by atoms with Gasteiger partial charge in [0.05, 0.1) is 12.7 Å². The minimum absolute atomic E-state index is 0.0242. The van der Waals surface area contributed by atoms with Crippen LogP contribution in [0.25, 0.3) is 0 Å². The van der Waals surface area contributed by atoms with Crippen LogP contribution in [0.15, 0.2) is 24.3 Å². The predicted octanol–water partition coefficient (Wildman–Crippen LogP) is 3.69. The van der Waals surface area contributed by atoms with Crippen molar-refractivity contribution < 1.29 is 9.47 Å². The standard InChI is InChI=1S/C17H27NO2/c1-5-17(3)12-14(10-11-20-17)18-13(2)15-8-6-7-9-16(15)19-4/h6-9,13-14,18H,5,10-12H2,1-4H3/t13-,14?,17?/m1/s1. The van der Waals surface area contributed by atoms with Crippen LogP contribution in [0.1, 0.15) is 51.6 Å². The van der Waals surface area contributed by atoms with Crippen LogP contribution in [0.2, 0.25) is 0 Å². The third-order valence-electron chi connectivity index (χ3n) is 4.43. The summed E-state index contributed by atoms with van der Waals surface area (Å²) in [6, 6.07) is 9.03. The van der Waals surface area contributed by atoms with Crippen LogP contribution in [0.5, 0.6) is 5.75 Å². The van der Waals surface area contributed by atoms with E-state index in [9.17, 15) is 0 Å². The first kappa shape index (κ1) is 15.3. The van der Waals surface area contributed by atoms with Gasteiger partial charge in [-0.15, -0.1) is 0 Å². The van der Waals surface area contributed by atoms with E-state index in [1.165, 1.54) is 5.56 Å². The molecule has 1 N–H and O–H groups in total. The lowest BCUT2D eigenvalue weighted by atomic mass is 9.89. The summed E-state index contributed by atoms with van der Waals surface area (Å²) >= 11 is 0. The Morgan fingerprint density at radius 1 is 1.45 bits per heavy atom. The van der Waals surface area contributed by atoms with Crippen molar-refractivity contribution in [1.29, 1.82) is 0 Å². The van der Waals surface area contributed by atoms with Crippen LogP contribution in [0.3, 0.4) is 0 Å². The van der Waals surface area contributed by atoms with Crippen molar-refractivity contribution >= 4 is 0 Å². The molecule has 0 spiro atoms. The second-order valence-corrected chi connectivity index (χ2v) is 5.97. The molecule has 0 radical (unpaired) electrons. The highest BCUT2D eigenvalue weighted by Gasteiger charge is 2.32. The van der Waals surface area contributed by atoms with Gasteiger partial charge in [0, 0.05) is 24.3 Å². The second kappa shape index (κ2) is 6.59. The Morgan fingerprint density at radius 3 is 2.90 bits per heavy atom. The normalized spacial score (nSPS) is 28.1. The maximum Gasteiger partial charge on any atom is 0.123 e. The molecular weight excluding hydrogens is 250 g/mol. The van der Waals surface area contributed by atoms with Crippen molar-refractivity contribution in [1.82, 2.24) is 5.32 Å². The minimum Gasteiger partial charge on any atom is -0.496 e. The summed E-state index contributed by atoms with van der Waals surface area (Å²) < 4.78 is 11.4. The largest absolute Gasteiger partial charge is 0.496 e. The molecule has 3 heteroatoms. The topological polar surface area (TPSA) is 30.5 Å². The number of nitrogens with one attached hydrogen (secondary N) is 1. The molecule has 1 aliphatic heterocycles. The van der Waals surface area contributed by atoms with E-state index in [0.717, 1.165) is 31.6 Å². The highest BCUT2D eigenvalue weighted by Crippen LogP contribution is 2.30. The van der Waals surface area contributed by atoms with Crippen molar-refractivity contribution in [2.75, 3.05) is 13.7 Å². The zero-order valence-electron chi connectivity index (χ0n) is 13.1. The molecule has 3 nitrogen and oxygen atoms in total. The third kappa shape index (κ3) is 3.53. The van der Waals surface area contributed by atoms with Gasteiger partial charge in [0.15, 0.2) is 0 Å². The van der Waals surface area contributed by atoms with E-state index >= 15 is 0 Å². The Bertz CT molecular complexity index is 435. The number of ether oxygens (including phenoxy) is 2. The number of hydrogen-bond donors (Lipinski definition) is 1.